The molecule has 0 spiro atoms. The number of hydrogen-bond acceptors (Lipinski definition) is 11. The summed E-state index contributed by atoms with van der Waals surface area (Å²) in [5.41, 5.74) is 14.1. The van der Waals surface area contributed by atoms with Gasteiger partial charge in [0.2, 0.25) is 0 Å². The molecule has 396 valence electrons. The van der Waals surface area contributed by atoms with Crippen molar-refractivity contribution in [2.24, 2.45) is 0 Å². The quantitative estimate of drug-likeness (QED) is 0.0967. The van der Waals surface area contributed by atoms with E-state index in [4.69, 9.17) is 16.6 Å². The lowest BCUT2D eigenvalue weighted by molar-refractivity contribution is 0.120. The predicted molar refractivity (Wildman–Crippen MR) is 310 cm³/mol. The molecule has 3 saturated heterocycles. The second kappa shape index (κ2) is 28.1. The fourth-order valence-electron chi connectivity index (χ4n) is 10.8. The molecular weight excluding hydrogens is 992 g/mol. The highest BCUT2D eigenvalue weighted by Gasteiger charge is 2.26. The smallest absolute Gasteiger partial charge is 0.0972 e. The van der Waals surface area contributed by atoms with Crippen LogP contribution in [-0.4, -0.2) is 112 Å². The third kappa shape index (κ3) is 16.4. The number of H-pyrrole nitrogens is 2. The molecule has 3 aliphatic heterocycles. The Morgan fingerprint density at radius 1 is 0.442 bits per heavy atom. The lowest BCUT2D eigenvalue weighted by Gasteiger charge is -2.34. The molecule has 0 amide bonds. The van der Waals surface area contributed by atoms with Crippen LogP contribution in [-0.2, 0) is 45.4 Å². The Balaban J connectivity index is 0.000000131. The maximum absolute atomic E-state index is 5.96. The van der Waals surface area contributed by atoms with Gasteiger partial charge in [-0.2, -0.15) is 10.2 Å². The highest BCUT2D eigenvalue weighted by atomic mass is 35.5. The highest BCUT2D eigenvalue weighted by molar-refractivity contribution is 7.09. The van der Waals surface area contributed by atoms with Gasteiger partial charge in [0.05, 0.1) is 34.5 Å². The van der Waals surface area contributed by atoms with Crippen LogP contribution in [0.25, 0.3) is 0 Å². The maximum atomic E-state index is 5.96. The van der Waals surface area contributed by atoms with Gasteiger partial charge in [-0.3, -0.25) is 44.7 Å². The summed E-state index contributed by atoms with van der Waals surface area (Å²) in [5.74, 6) is 1.17. The summed E-state index contributed by atoms with van der Waals surface area (Å²) in [7, 11) is 0. The van der Waals surface area contributed by atoms with Crippen molar-refractivity contribution in [1.82, 2.24) is 59.9 Å². The molecule has 3 fully saturated rings. The van der Waals surface area contributed by atoms with E-state index in [0.29, 0.717) is 11.8 Å². The first-order valence-electron chi connectivity index (χ1n) is 27.4. The zero-order valence-electron chi connectivity index (χ0n) is 44.1. The molecule has 6 aromatic heterocycles. The van der Waals surface area contributed by atoms with Gasteiger partial charge in [-0.05, 0) is 128 Å². The van der Waals surface area contributed by atoms with Crippen LogP contribution in [0.5, 0.6) is 0 Å². The second-order valence-electron chi connectivity index (χ2n) is 20.6. The van der Waals surface area contributed by atoms with Gasteiger partial charge in [0.25, 0.3) is 0 Å². The molecule has 3 aromatic carbocycles. The monoisotopic (exact) mass is 1060 g/mol. The van der Waals surface area contributed by atoms with Gasteiger partial charge in [-0.15, -0.1) is 11.3 Å². The fraction of sp³-hybridized carbons (Fsp3) is 0.333. The normalized spacial score (nSPS) is 16.1. The largest absolute Gasteiger partial charge is 0.299 e. The molecule has 14 heteroatoms. The van der Waals surface area contributed by atoms with Crippen molar-refractivity contribution >= 4 is 22.9 Å². The van der Waals surface area contributed by atoms with Crippen LogP contribution in [0.4, 0.5) is 0 Å². The van der Waals surface area contributed by atoms with Crippen molar-refractivity contribution in [3.8, 4) is 0 Å². The molecule has 2 N–H and O–H groups in total. The minimum atomic E-state index is 0.584. The highest BCUT2D eigenvalue weighted by Crippen LogP contribution is 2.32. The zero-order valence-corrected chi connectivity index (χ0v) is 45.7. The summed E-state index contributed by atoms with van der Waals surface area (Å²) >= 11 is 7.71. The molecule has 0 unspecified atom stereocenters. The number of benzene rings is 3. The number of pyridine rings is 3. The van der Waals surface area contributed by atoms with Crippen LogP contribution >= 0.6 is 22.9 Å². The molecule has 0 aliphatic carbocycles. The Hall–Kier alpha value is -6.71. The third-order valence-corrected chi connectivity index (χ3v) is 16.2. The fourth-order valence-corrected chi connectivity index (χ4v) is 11.8. The summed E-state index contributed by atoms with van der Waals surface area (Å²) in [4.78, 5) is 27.9. The van der Waals surface area contributed by atoms with Crippen LogP contribution in [0.3, 0.4) is 0 Å². The molecule has 0 bridgehead atoms. The number of likely N-dealkylation sites (tertiary alicyclic amines) is 2. The average molecular weight is 1060 g/mol. The van der Waals surface area contributed by atoms with E-state index in [1.807, 2.05) is 67.5 Å². The van der Waals surface area contributed by atoms with Crippen LogP contribution < -0.4 is 0 Å². The first-order valence-corrected chi connectivity index (χ1v) is 28.6. The van der Waals surface area contributed by atoms with Crippen LogP contribution in [0.15, 0.2) is 176 Å². The van der Waals surface area contributed by atoms with E-state index in [1.165, 1.54) is 81.2 Å². The molecule has 0 saturated carbocycles. The lowest BCUT2D eigenvalue weighted by Crippen LogP contribution is -2.45. The Morgan fingerprint density at radius 3 is 1.40 bits per heavy atom. The van der Waals surface area contributed by atoms with Crippen molar-refractivity contribution in [1.29, 1.82) is 0 Å². The Bertz CT molecular complexity index is 2920. The Labute approximate surface area is 463 Å². The summed E-state index contributed by atoms with van der Waals surface area (Å²) in [6.07, 6.45) is 19.1. The number of aromatic amines is 2. The Kier molecular flexibility index (Phi) is 19.6. The van der Waals surface area contributed by atoms with Crippen molar-refractivity contribution in [3.05, 3.63) is 248 Å². The molecular formula is C63H71ClN12S. The van der Waals surface area contributed by atoms with Gasteiger partial charge in [-0.1, -0.05) is 103 Å². The Morgan fingerprint density at radius 2 is 0.909 bits per heavy atom. The van der Waals surface area contributed by atoms with E-state index in [9.17, 15) is 0 Å². The molecule has 12 rings (SSSR count). The molecule has 0 atom stereocenters. The number of hydrogen-bond donors (Lipinski definition) is 2. The van der Waals surface area contributed by atoms with E-state index >= 15 is 0 Å². The van der Waals surface area contributed by atoms with E-state index in [0.717, 1.165) is 114 Å². The standard InChI is InChI=1S/C21H23ClN4S.2C21H24N4/c22-18-6-4-17(5-7-18)13-21-24-20(16-27-21)15-26-11-9-25(10-12-26)14-19-3-1-2-8-23-19;1-2-6-17(7-3-1)14-19-15-23-24-21(19)18-9-12-25(13-10-18)16-20-8-4-5-11-22-20;1-2-5-17(6-3-1)13-20-15-23-24-21(20)19-8-11-25(12-9-19)16-18-7-4-10-22-14-18/h1-8,16H,9-15H2;1-8,11,15,18H,9-10,12-14,16H2,(H,23,24);1-7,10,14-15,19H,8-9,11-13,16H2,(H,23,24). The summed E-state index contributed by atoms with van der Waals surface area (Å²) < 4.78 is 0. The molecule has 9 aromatic rings. The number of nitrogens with one attached hydrogen (secondary N) is 2. The molecule has 9 heterocycles. The number of thiazole rings is 1. The molecule has 12 nitrogen and oxygen atoms in total. The van der Waals surface area contributed by atoms with Crippen LogP contribution in [0, 0.1) is 0 Å². The minimum absolute atomic E-state index is 0.584. The van der Waals surface area contributed by atoms with E-state index in [2.05, 4.69) is 163 Å². The number of halogens is 1. The second-order valence-corrected chi connectivity index (χ2v) is 22.0. The SMILES string of the molecule is Clc1ccc(Cc2nc(CN3CCN(Cc4ccccn4)CC3)cs2)cc1.c1ccc(Cc2cn[nH]c2C2CCN(Cc3ccccn3)CC2)cc1.c1ccc(Cc2cn[nH]c2C2CCN(Cc3cccnc3)CC2)cc1. The van der Waals surface area contributed by atoms with Crippen molar-refractivity contribution in [2.45, 2.75) is 83.0 Å². The van der Waals surface area contributed by atoms with Crippen LogP contribution in [0.2, 0.25) is 5.02 Å². The van der Waals surface area contributed by atoms with E-state index in [1.54, 1.807) is 11.3 Å². The van der Waals surface area contributed by atoms with Crippen molar-refractivity contribution in [2.75, 3.05) is 52.4 Å². The number of piperazine rings is 1. The summed E-state index contributed by atoms with van der Waals surface area (Å²) in [6.45, 7) is 12.6. The first-order chi connectivity index (χ1) is 38.0. The minimum Gasteiger partial charge on any atom is -0.299 e. The lowest BCUT2D eigenvalue weighted by atomic mass is 9.89. The van der Waals surface area contributed by atoms with Gasteiger partial charge < -0.3 is 0 Å². The third-order valence-electron chi connectivity index (χ3n) is 15.0. The van der Waals surface area contributed by atoms with E-state index < -0.39 is 0 Å². The number of nitrogens with zero attached hydrogens (tertiary/aromatic N) is 10. The molecule has 77 heavy (non-hydrogen) atoms. The van der Waals surface area contributed by atoms with E-state index in [-0.39, 0.29) is 0 Å². The number of piperidine rings is 2. The van der Waals surface area contributed by atoms with Gasteiger partial charge >= 0.3 is 0 Å². The summed E-state index contributed by atoms with van der Waals surface area (Å²) in [5, 5.41) is 19.4. The van der Waals surface area contributed by atoms with Crippen molar-refractivity contribution < 1.29 is 0 Å². The van der Waals surface area contributed by atoms with Gasteiger partial charge in [0.15, 0.2) is 0 Å². The van der Waals surface area contributed by atoms with Crippen molar-refractivity contribution in [3.63, 3.8) is 0 Å². The van der Waals surface area contributed by atoms with Gasteiger partial charge in [0, 0.05) is 130 Å². The zero-order chi connectivity index (χ0) is 52.3. The predicted octanol–water partition coefficient (Wildman–Crippen LogP) is 11.7. The average Bonchev–Trinajstić information content (AvgIpc) is 4.27. The number of aromatic nitrogens is 8. The van der Waals surface area contributed by atoms with Gasteiger partial charge in [-0.25, -0.2) is 4.98 Å². The van der Waals surface area contributed by atoms with Crippen LogP contribution in [0.1, 0.15) is 104 Å². The topological polar surface area (TPSA) is 122 Å². The molecule has 0 radical (unpaired) electrons. The molecule has 3 aliphatic rings. The summed E-state index contributed by atoms with van der Waals surface area (Å²) in [6, 6.07) is 45.8. The first kappa shape index (κ1) is 53.7. The maximum Gasteiger partial charge on any atom is 0.0972 e. The van der Waals surface area contributed by atoms with Gasteiger partial charge in [0.1, 0.15) is 0 Å². The number of rotatable bonds is 16.